The summed E-state index contributed by atoms with van der Waals surface area (Å²) in [5, 5.41) is 2.17. The summed E-state index contributed by atoms with van der Waals surface area (Å²) in [7, 11) is 0. The maximum atomic E-state index is 13.1. The molecule has 0 fully saturated rings. The van der Waals surface area contributed by atoms with E-state index in [0.717, 1.165) is 12.1 Å². The molecule has 0 aliphatic rings. The van der Waals surface area contributed by atoms with Crippen LogP contribution in [0.1, 0.15) is 13.8 Å². The zero-order valence-corrected chi connectivity index (χ0v) is 16.9. The molecule has 0 aromatic heterocycles. The van der Waals surface area contributed by atoms with Crippen molar-refractivity contribution in [2.45, 2.75) is 13.8 Å². The van der Waals surface area contributed by atoms with Gasteiger partial charge in [-0.3, -0.25) is 0 Å². The first kappa shape index (κ1) is 22.4. The van der Waals surface area contributed by atoms with E-state index < -0.39 is 29.1 Å². The molecule has 1 aromatic rings. The van der Waals surface area contributed by atoms with Gasteiger partial charge in [-0.05, 0) is 26.0 Å². The van der Waals surface area contributed by atoms with Crippen molar-refractivity contribution in [3.8, 4) is 0 Å². The number of esters is 2. The Balaban J connectivity index is 0.00000484. The minimum atomic E-state index is -1.10. The number of carbonyl (C=O) groups is 2. The van der Waals surface area contributed by atoms with Crippen LogP contribution in [-0.2, 0) is 31.7 Å². The molecule has 0 saturated carbocycles. The summed E-state index contributed by atoms with van der Waals surface area (Å²) in [5.41, 5.74) is -0.432. The molecule has 1 N–H and O–H groups in total. The van der Waals surface area contributed by atoms with Crippen molar-refractivity contribution < 1.29 is 79.2 Å². The maximum absolute atomic E-state index is 13.1. The first-order valence-electron chi connectivity index (χ1n) is 6.38. The molecular formula is C14H14F2KNO4S. The van der Waals surface area contributed by atoms with Gasteiger partial charge in [0.15, 0.2) is 11.6 Å². The van der Waals surface area contributed by atoms with Gasteiger partial charge in [-0.15, -0.1) is 0 Å². The van der Waals surface area contributed by atoms with E-state index in [2.05, 4.69) is 5.32 Å². The molecule has 0 saturated heterocycles. The number of halogens is 2. The third-order valence-corrected chi connectivity index (χ3v) is 2.67. The smallest absolute Gasteiger partial charge is 0.761 e. The van der Waals surface area contributed by atoms with Gasteiger partial charge in [-0.25, -0.2) is 18.4 Å². The van der Waals surface area contributed by atoms with Gasteiger partial charge in [0, 0.05) is 11.8 Å². The van der Waals surface area contributed by atoms with Crippen LogP contribution < -0.4 is 56.7 Å². The third kappa shape index (κ3) is 6.82. The fraction of sp³-hybridized carbons (Fsp3) is 0.286. The van der Waals surface area contributed by atoms with Gasteiger partial charge in [0.2, 0.25) is 0 Å². The first-order valence-corrected chi connectivity index (χ1v) is 6.79. The Morgan fingerprint density at radius 1 is 1.09 bits per heavy atom. The summed E-state index contributed by atoms with van der Waals surface area (Å²) in [4.78, 5) is 23.6. The standard InChI is InChI=1S/C14H15F2NO4S.K/c1-3-20-13(18)11(14(19)21-4-2)12(22)17-8-5-6-9(15)10(16)7-8;/h5-7,17,22H,3-4H2,1-2H3;/q;+1/p-1. The molecule has 5 nitrogen and oxygen atoms in total. The Labute approximate surface area is 180 Å². The second-order valence-electron chi connectivity index (χ2n) is 3.90. The zero-order valence-electron chi connectivity index (χ0n) is 12.9. The molecule has 1 rings (SSSR count). The molecule has 0 amide bonds. The van der Waals surface area contributed by atoms with Gasteiger partial charge >= 0.3 is 63.3 Å². The molecule has 120 valence electrons. The van der Waals surface area contributed by atoms with Crippen molar-refractivity contribution in [3.63, 3.8) is 0 Å². The van der Waals surface area contributed by atoms with Gasteiger partial charge in [0.25, 0.3) is 0 Å². The molecule has 0 unspecified atom stereocenters. The second-order valence-corrected chi connectivity index (χ2v) is 4.31. The van der Waals surface area contributed by atoms with E-state index in [4.69, 9.17) is 22.1 Å². The molecule has 0 atom stereocenters. The normalized spacial score (nSPS) is 9.39. The van der Waals surface area contributed by atoms with Gasteiger partial charge in [-0.1, -0.05) is 5.03 Å². The fourth-order valence-corrected chi connectivity index (χ4v) is 1.73. The molecule has 0 aliphatic heterocycles. The molecule has 0 spiro atoms. The van der Waals surface area contributed by atoms with Crippen LogP contribution in [0, 0.1) is 11.6 Å². The monoisotopic (exact) mass is 369 g/mol. The van der Waals surface area contributed by atoms with E-state index >= 15 is 0 Å². The molecule has 9 heteroatoms. The van der Waals surface area contributed by atoms with Crippen molar-refractivity contribution in [2.75, 3.05) is 18.5 Å². The Kier molecular flexibility index (Phi) is 10.8. The predicted octanol–water partition coefficient (Wildman–Crippen LogP) is -0.735. The number of carbonyl (C=O) groups excluding carboxylic acids is 2. The summed E-state index contributed by atoms with van der Waals surface area (Å²) < 4.78 is 35.5. The van der Waals surface area contributed by atoms with Crippen LogP contribution in [-0.4, -0.2) is 25.2 Å². The maximum Gasteiger partial charge on any atom is 1.00 e. The predicted molar refractivity (Wildman–Crippen MR) is 77.6 cm³/mol. The van der Waals surface area contributed by atoms with Crippen LogP contribution in [0.4, 0.5) is 14.5 Å². The summed E-state index contributed by atoms with van der Waals surface area (Å²) in [6.45, 7) is 3.20. The SMILES string of the molecule is CCOC(=O)C(C(=O)OCC)=C([S-])Nc1ccc(F)c(F)c1.[K+]. The van der Waals surface area contributed by atoms with Crippen molar-refractivity contribution in [1.82, 2.24) is 0 Å². The van der Waals surface area contributed by atoms with Crippen molar-refractivity contribution in [1.29, 1.82) is 0 Å². The summed E-state index contributed by atoms with van der Waals surface area (Å²) in [6, 6.07) is 2.93. The number of hydrogen-bond acceptors (Lipinski definition) is 6. The number of ether oxygens (including phenoxy) is 2. The van der Waals surface area contributed by atoms with Gasteiger partial charge in [0.05, 0.1) is 13.2 Å². The number of nitrogens with one attached hydrogen (secondary N) is 1. The van der Waals surface area contributed by atoms with Crippen LogP contribution in [0.3, 0.4) is 0 Å². The zero-order chi connectivity index (χ0) is 16.7. The summed E-state index contributed by atoms with van der Waals surface area (Å²) in [5.74, 6) is -4.04. The van der Waals surface area contributed by atoms with Gasteiger partial charge in [-0.2, -0.15) is 0 Å². The number of hydrogen-bond donors (Lipinski definition) is 1. The first-order chi connectivity index (χ1) is 10.4. The van der Waals surface area contributed by atoms with Crippen LogP contribution in [0.2, 0.25) is 0 Å². The average Bonchev–Trinajstić information content (AvgIpc) is 2.43. The Bertz CT molecular complexity index is 590. The van der Waals surface area contributed by atoms with Crippen LogP contribution in [0.25, 0.3) is 0 Å². The van der Waals surface area contributed by atoms with Crippen molar-refractivity contribution >= 4 is 30.3 Å². The Morgan fingerprint density at radius 2 is 1.61 bits per heavy atom. The summed E-state index contributed by atoms with van der Waals surface area (Å²) >= 11 is 4.95. The van der Waals surface area contributed by atoms with E-state index in [-0.39, 0.29) is 75.3 Å². The molecule has 0 heterocycles. The molecule has 0 bridgehead atoms. The Morgan fingerprint density at radius 3 is 2.04 bits per heavy atom. The quantitative estimate of drug-likeness (QED) is 0.178. The Hall–Kier alpha value is -0.584. The molecule has 1 aromatic carbocycles. The largest absolute Gasteiger partial charge is 1.00 e. The molecular weight excluding hydrogens is 355 g/mol. The average molecular weight is 369 g/mol. The van der Waals surface area contributed by atoms with E-state index in [1.807, 2.05) is 0 Å². The van der Waals surface area contributed by atoms with E-state index in [9.17, 15) is 18.4 Å². The number of rotatable bonds is 6. The molecule has 0 radical (unpaired) electrons. The van der Waals surface area contributed by atoms with Gasteiger partial charge < -0.3 is 27.4 Å². The van der Waals surface area contributed by atoms with Crippen LogP contribution >= 0.6 is 0 Å². The second kappa shape index (κ2) is 11.1. The minimum absolute atomic E-state index is 0. The fourth-order valence-electron chi connectivity index (χ4n) is 1.44. The third-order valence-electron chi connectivity index (χ3n) is 2.36. The van der Waals surface area contributed by atoms with Crippen LogP contribution in [0.5, 0.6) is 0 Å². The van der Waals surface area contributed by atoms with E-state index in [1.165, 1.54) is 6.07 Å². The topological polar surface area (TPSA) is 64.6 Å². The number of benzene rings is 1. The van der Waals surface area contributed by atoms with E-state index in [0.29, 0.717) is 0 Å². The minimum Gasteiger partial charge on any atom is -0.761 e. The molecule has 0 aliphatic carbocycles. The number of anilines is 1. The summed E-state index contributed by atoms with van der Waals surface area (Å²) in [6.07, 6.45) is 0. The molecule has 23 heavy (non-hydrogen) atoms. The van der Waals surface area contributed by atoms with E-state index in [1.54, 1.807) is 13.8 Å². The van der Waals surface area contributed by atoms with Crippen LogP contribution in [0.15, 0.2) is 28.8 Å². The van der Waals surface area contributed by atoms with Gasteiger partial charge in [0.1, 0.15) is 5.57 Å². The van der Waals surface area contributed by atoms with Crippen molar-refractivity contribution in [3.05, 3.63) is 40.4 Å². The van der Waals surface area contributed by atoms with Crippen molar-refractivity contribution in [2.24, 2.45) is 0 Å².